The number of aliphatic carboxylic acids is 1. The van der Waals surface area contributed by atoms with E-state index in [1.165, 1.54) is 4.90 Å². The Balaban J connectivity index is 2.12. The maximum atomic E-state index is 12.2. The topological polar surface area (TPSA) is 69.6 Å². The highest BCUT2D eigenvalue weighted by molar-refractivity contribution is 5.84. The lowest BCUT2D eigenvalue weighted by Gasteiger charge is -2.29. The van der Waals surface area contributed by atoms with Crippen LogP contribution in [0.15, 0.2) is 0 Å². The zero-order valence-electron chi connectivity index (χ0n) is 11.3. The Morgan fingerprint density at radius 2 is 1.94 bits per heavy atom. The molecular weight excluding hydrogens is 232 g/mol. The van der Waals surface area contributed by atoms with Gasteiger partial charge in [-0.05, 0) is 45.4 Å². The molecule has 0 bridgehead atoms. The normalized spacial score (nSPS) is 31.3. The van der Waals surface area contributed by atoms with Gasteiger partial charge in [-0.1, -0.05) is 6.42 Å². The maximum Gasteiger partial charge on any atom is 0.326 e. The van der Waals surface area contributed by atoms with Crippen molar-refractivity contribution in [3.05, 3.63) is 0 Å². The van der Waals surface area contributed by atoms with Crippen LogP contribution < -0.4 is 5.32 Å². The van der Waals surface area contributed by atoms with Crippen molar-refractivity contribution in [1.82, 2.24) is 10.2 Å². The van der Waals surface area contributed by atoms with Crippen LogP contribution in [0.3, 0.4) is 0 Å². The molecule has 1 aliphatic heterocycles. The molecule has 1 aliphatic carbocycles. The zero-order chi connectivity index (χ0) is 13.5. The Labute approximate surface area is 108 Å². The lowest BCUT2D eigenvalue weighted by atomic mass is 9.94. The lowest BCUT2D eigenvalue weighted by molar-refractivity contribution is -0.142. The van der Waals surface area contributed by atoms with Crippen molar-refractivity contribution in [1.29, 1.82) is 0 Å². The molecule has 5 nitrogen and oxygen atoms in total. The molecule has 3 atom stereocenters. The van der Waals surface area contributed by atoms with Gasteiger partial charge in [0.15, 0.2) is 0 Å². The minimum absolute atomic E-state index is 0.146. The van der Waals surface area contributed by atoms with Crippen molar-refractivity contribution in [2.45, 2.75) is 51.6 Å². The molecule has 2 fully saturated rings. The van der Waals surface area contributed by atoms with Crippen LogP contribution in [0.1, 0.15) is 40.0 Å². The molecule has 0 spiro atoms. The minimum Gasteiger partial charge on any atom is -0.480 e. The molecule has 0 aromatic rings. The second-order valence-electron chi connectivity index (χ2n) is 6.47. The molecule has 0 aromatic carbocycles. The first-order valence-electron chi connectivity index (χ1n) is 6.61. The molecular formula is C13H22N2O3. The molecule has 5 heteroatoms. The summed E-state index contributed by atoms with van der Waals surface area (Å²) >= 11 is 0. The number of carboxylic acids is 1. The number of hydrogen-bond donors (Lipinski definition) is 2. The van der Waals surface area contributed by atoms with Crippen molar-refractivity contribution < 1.29 is 14.7 Å². The molecule has 102 valence electrons. The number of urea groups is 1. The Bertz CT molecular complexity index is 362. The van der Waals surface area contributed by atoms with Gasteiger partial charge in [0.25, 0.3) is 0 Å². The van der Waals surface area contributed by atoms with Crippen LogP contribution in [-0.4, -0.2) is 40.1 Å². The summed E-state index contributed by atoms with van der Waals surface area (Å²) in [5.74, 6) is -0.349. The molecule has 2 amide bonds. The van der Waals surface area contributed by atoms with Crippen LogP contribution in [0.4, 0.5) is 4.79 Å². The quantitative estimate of drug-likeness (QED) is 0.748. The Morgan fingerprint density at radius 1 is 1.28 bits per heavy atom. The average Bonchev–Trinajstić information content (AvgIpc) is 2.70. The summed E-state index contributed by atoms with van der Waals surface area (Å²) in [5, 5.41) is 12.2. The van der Waals surface area contributed by atoms with E-state index in [1.54, 1.807) is 0 Å². The molecule has 18 heavy (non-hydrogen) atoms. The number of nitrogens with zero attached hydrogens (tertiary/aromatic N) is 1. The predicted octanol–water partition coefficient (Wildman–Crippen LogP) is 1.68. The fourth-order valence-corrected chi connectivity index (χ4v) is 3.22. The van der Waals surface area contributed by atoms with Crippen LogP contribution in [0, 0.1) is 11.8 Å². The first kappa shape index (κ1) is 13.2. The molecule has 2 N–H and O–H groups in total. The largest absolute Gasteiger partial charge is 0.480 e. The van der Waals surface area contributed by atoms with Crippen LogP contribution in [0.25, 0.3) is 0 Å². The Hall–Kier alpha value is -1.26. The van der Waals surface area contributed by atoms with Gasteiger partial charge in [0.1, 0.15) is 6.04 Å². The summed E-state index contributed by atoms with van der Waals surface area (Å²) in [5.41, 5.74) is -0.335. The summed E-state index contributed by atoms with van der Waals surface area (Å²) in [4.78, 5) is 25.1. The number of carbonyl (C=O) groups is 2. The zero-order valence-corrected chi connectivity index (χ0v) is 11.3. The maximum absolute atomic E-state index is 12.2. The van der Waals surface area contributed by atoms with Gasteiger partial charge in [0.2, 0.25) is 0 Å². The third-order valence-electron chi connectivity index (χ3n) is 3.89. The van der Waals surface area contributed by atoms with Crippen molar-refractivity contribution in [2.75, 3.05) is 6.54 Å². The number of carbonyl (C=O) groups excluding carboxylic acids is 1. The molecule has 0 aromatic heterocycles. The third kappa shape index (κ3) is 2.44. The number of nitrogens with one attached hydrogen (secondary N) is 1. The van der Waals surface area contributed by atoms with Crippen molar-refractivity contribution in [2.24, 2.45) is 11.8 Å². The number of hydrogen-bond acceptors (Lipinski definition) is 2. The van der Waals surface area contributed by atoms with Gasteiger partial charge in [-0.3, -0.25) is 0 Å². The lowest BCUT2D eigenvalue weighted by Crippen LogP contribution is -2.52. The number of carboxylic acid groups (broad SMARTS) is 1. The highest BCUT2D eigenvalue weighted by atomic mass is 16.4. The first-order chi connectivity index (χ1) is 8.29. The van der Waals surface area contributed by atoms with Gasteiger partial charge < -0.3 is 15.3 Å². The number of likely N-dealkylation sites (tertiary alicyclic amines) is 1. The fraction of sp³-hybridized carbons (Fsp3) is 0.846. The molecule has 3 unspecified atom stereocenters. The number of rotatable bonds is 1. The van der Waals surface area contributed by atoms with Gasteiger partial charge in [-0.25, -0.2) is 9.59 Å². The summed E-state index contributed by atoms with van der Waals surface area (Å²) in [6, 6.07) is -0.885. The minimum atomic E-state index is -0.867. The molecule has 0 radical (unpaired) electrons. The van der Waals surface area contributed by atoms with Crippen LogP contribution >= 0.6 is 0 Å². The third-order valence-corrected chi connectivity index (χ3v) is 3.89. The van der Waals surface area contributed by atoms with E-state index < -0.39 is 12.0 Å². The summed E-state index contributed by atoms with van der Waals surface area (Å²) < 4.78 is 0. The van der Waals surface area contributed by atoms with Crippen molar-refractivity contribution >= 4 is 12.0 Å². The molecule has 1 heterocycles. The van der Waals surface area contributed by atoms with Crippen molar-refractivity contribution in [3.8, 4) is 0 Å². The Kier molecular flexibility index (Phi) is 3.25. The van der Waals surface area contributed by atoms with E-state index in [2.05, 4.69) is 5.32 Å². The SMILES string of the molecule is CC(C)(C)NC(=O)N1CC2CCCC2C1C(=O)O. The van der Waals surface area contributed by atoms with E-state index in [0.717, 1.165) is 19.3 Å². The molecule has 1 saturated carbocycles. The fourth-order valence-electron chi connectivity index (χ4n) is 3.22. The second kappa shape index (κ2) is 4.44. The molecule has 2 rings (SSSR count). The summed E-state index contributed by atoms with van der Waals surface area (Å²) in [6.07, 6.45) is 3.07. The van der Waals surface area contributed by atoms with E-state index in [1.807, 2.05) is 20.8 Å². The summed E-state index contributed by atoms with van der Waals surface area (Å²) in [6.45, 7) is 6.29. The van der Waals surface area contributed by atoms with E-state index in [4.69, 9.17) is 0 Å². The standard InChI is InChI=1S/C13H22N2O3/c1-13(2,3)14-12(18)15-7-8-5-4-6-9(8)10(15)11(16)17/h8-10H,4-7H2,1-3H3,(H,14,18)(H,16,17). The van der Waals surface area contributed by atoms with Crippen LogP contribution in [-0.2, 0) is 4.79 Å². The number of amides is 2. The average molecular weight is 254 g/mol. The first-order valence-corrected chi connectivity index (χ1v) is 6.61. The van der Waals surface area contributed by atoms with Crippen LogP contribution in [0.2, 0.25) is 0 Å². The summed E-state index contributed by atoms with van der Waals surface area (Å²) in [7, 11) is 0. The smallest absolute Gasteiger partial charge is 0.326 e. The predicted molar refractivity (Wildman–Crippen MR) is 67.2 cm³/mol. The van der Waals surface area contributed by atoms with Gasteiger partial charge in [0.05, 0.1) is 0 Å². The van der Waals surface area contributed by atoms with E-state index >= 15 is 0 Å². The molecule has 2 aliphatic rings. The van der Waals surface area contributed by atoms with E-state index in [9.17, 15) is 14.7 Å². The Morgan fingerprint density at radius 3 is 2.50 bits per heavy atom. The second-order valence-corrected chi connectivity index (χ2v) is 6.47. The monoisotopic (exact) mass is 254 g/mol. The molecule has 1 saturated heterocycles. The van der Waals surface area contributed by atoms with E-state index in [0.29, 0.717) is 12.5 Å². The number of fused-ring (bicyclic) bond motifs is 1. The van der Waals surface area contributed by atoms with Gasteiger partial charge in [0, 0.05) is 12.1 Å². The van der Waals surface area contributed by atoms with Crippen molar-refractivity contribution in [3.63, 3.8) is 0 Å². The van der Waals surface area contributed by atoms with Gasteiger partial charge in [-0.2, -0.15) is 0 Å². The highest BCUT2D eigenvalue weighted by Gasteiger charge is 2.49. The highest BCUT2D eigenvalue weighted by Crippen LogP contribution is 2.42. The van der Waals surface area contributed by atoms with Gasteiger partial charge in [-0.15, -0.1) is 0 Å². The van der Waals surface area contributed by atoms with E-state index in [-0.39, 0.29) is 17.5 Å². The van der Waals surface area contributed by atoms with Crippen LogP contribution in [0.5, 0.6) is 0 Å². The van der Waals surface area contributed by atoms with Gasteiger partial charge >= 0.3 is 12.0 Å².